The average Bonchev–Trinajstić information content (AvgIpc) is 3.55. The molecule has 0 aromatic heterocycles. The Morgan fingerprint density at radius 3 is 0.756 bits per heavy atom. The molecule has 0 aliphatic rings. The van der Waals surface area contributed by atoms with Crippen LogP contribution in [-0.2, 0) is 19.1 Å². The lowest BCUT2D eigenvalue weighted by Gasteiger charge is -2.15. The molecular formula is C81H148O5. The Labute approximate surface area is 537 Å². The minimum Gasteiger partial charge on any atom is -0.462 e. The molecule has 1 N–H and O–H groups in total. The second-order valence-corrected chi connectivity index (χ2v) is 26.1. The van der Waals surface area contributed by atoms with Gasteiger partial charge >= 0.3 is 11.9 Å². The van der Waals surface area contributed by atoms with E-state index < -0.39 is 6.10 Å². The first-order valence-electron chi connectivity index (χ1n) is 38.5. The molecule has 0 bridgehead atoms. The minimum atomic E-state index is -0.776. The van der Waals surface area contributed by atoms with Crippen LogP contribution in [0, 0.1) is 0 Å². The minimum absolute atomic E-state index is 0.0643. The van der Waals surface area contributed by atoms with Gasteiger partial charge in [0.05, 0.1) is 6.61 Å². The number of hydrogen-bond donors (Lipinski definition) is 1. The predicted molar refractivity (Wildman–Crippen MR) is 380 cm³/mol. The van der Waals surface area contributed by atoms with Gasteiger partial charge in [0.1, 0.15) is 6.61 Å². The number of unbranched alkanes of at least 4 members (excludes halogenated alkanes) is 52. The SMILES string of the molecule is CC/C=C\C/C=C\C/C=C\C/C=C\C/C=C\C/C=C\CCCCCCCCCCCCCCC(=O)OC(CO)COC(=O)CCCCCCCCCCCCCCCCCCCCCCCCCCCCCCCCCCCCCCCCCCC. The molecule has 0 radical (unpaired) electrons. The quantitative estimate of drug-likeness (QED) is 0.0373. The highest BCUT2D eigenvalue weighted by molar-refractivity contribution is 5.70. The summed E-state index contributed by atoms with van der Waals surface area (Å²) in [7, 11) is 0. The van der Waals surface area contributed by atoms with Crippen LogP contribution >= 0.6 is 0 Å². The van der Waals surface area contributed by atoms with Crippen LogP contribution in [0.25, 0.3) is 0 Å². The molecule has 0 rings (SSSR count). The molecule has 502 valence electrons. The third-order valence-corrected chi connectivity index (χ3v) is 17.5. The van der Waals surface area contributed by atoms with Gasteiger partial charge < -0.3 is 14.6 Å². The van der Waals surface area contributed by atoms with Gasteiger partial charge in [0.25, 0.3) is 0 Å². The van der Waals surface area contributed by atoms with Crippen molar-refractivity contribution in [2.45, 2.75) is 418 Å². The van der Waals surface area contributed by atoms with Crippen molar-refractivity contribution in [3.63, 3.8) is 0 Å². The van der Waals surface area contributed by atoms with Gasteiger partial charge in [0.15, 0.2) is 6.10 Å². The number of carbonyl (C=O) groups excluding carboxylic acids is 2. The van der Waals surface area contributed by atoms with Crippen molar-refractivity contribution >= 4 is 11.9 Å². The van der Waals surface area contributed by atoms with Crippen LogP contribution in [0.15, 0.2) is 72.9 Å². The Bertz CT molecular complexity index is 1500. The smallest absolute Gasteiger partial charge is 0.306 e. The van der Waals surface area contributed by atoms with Crippen LogP contribution < -0.4 is 0 Å². The number of allylic oxidation sites excluding steroid dienone is 12. The van der Waals surface area contributed by atoms with Crippen molar-refractivity contribution in [2.24, 2.45) is 0 Å². The van der Waals surface area contributed by atoms with Crippen LogP contribution in [0.4, 0.5) is 0 Å². The van der Waals surface area contributed by atoms with Crippen LogP contribution in [0.1, 0.15) is 412 Å². The first-order chi connectivity index (χ1) is 42.6. The zero-order valence-corrected chi connectivity index (χ0v) is 57.8. The van der Waals surface area contributed by atoms with Crippen LogP contribution in [0.5, 0.6) is 0 Å². The molecule has 0 aromatic rings. The fraction of sp³-hybridized carbons (Fsp3) is 0.827. The lowest BCUT2D eigenvalue weighted by molar-refractivity contribution is -0.161. The lowest BCUT2D eigenvalue weighted by Crippen LogP contribution is -2.28. The van der Waals surface area contributed by atoms with Gasteiger partial charge in [-0.25, -0.2) is 0 Å². The molecule has 0 saturated heterocycles. The third-order valence-electron chi connectivity index (χ3n) is 17.5. The summed E-state index contributed by atoms with van der Waals surface area (Å²) in [6.45, 7) is 4.08. The van der Waals surface area contributed by atoms with Gasteiger partial charge in [-0.05, 0) is 64.2 Å². The van der Waals surface area contributed by atoms with E-state index in [1.807, 2.05) is 0 Å². The number of aliphatic hydroxyl groups is 1. The molecule has 86 heavy (non-hydrogen) atoms. The first kappa shape index (κ1) is 83.3. The molecular weight excluding hydrogens is 1050 g/mol. The molecule has 0 aromatic carbocycles. The van der Waals surface area contributed by atoms with Crippen molar-refractivity contribution in [3.8, 4) is 0 Å². The standard InChI is InChI=1S/C81H148O5/c1-3-5-7-9-11-13-15-17-19-21-23-25-27-29-31-33-35-36-37-38-39-40-41-42-43-44-46-47-49-51-53-55-57-59-61-63-65-67-69-71-73-75-80(83)85-78-79(77-82)86-81(84)76-74-72-70-68-66-64-62-60-58-56-54-52-50-48-45-34-32-30-28-26-24-22-20-18-16-14-12-10-8-6-4-2/h6,8,12,14,18,20,24,26,30,32,45,48,79,82H,3-5,7,9-11,13,15-17,19,21-23,25,27-29,31,33-44,46-47,49-78H2,1-2H3/b8-6-,14-12-,20-18-,26-24-,32-30-,48-45-. The number of esters is 2. The van der Waals surface area contributed by atoms with Gasteiger partial charge in [-0.1, -0.05) is 408 Å². The highest BCUT2D eigenvalue weighted by atomic mass is 16.6. The molecule has 0 aliphatic heterocycles. The Hall–Kier alpha value is -2.66. The molecule has 0 heterocycles. The van der Waals surface area contributed by atoms with Crippen molar-refractivity contribution in [1.29, 1.82) is 0 Å². The molecule has 0 spiro atoms. The molecule has 1 unspecified atom stereocenters. The normalized spacial score (nSPS) is 12.5. The Kier molecular flexibility index (Phi) is 74.2. The second kappa shape index (κ2) is 76.6. The van der Waals surface area contributed by atoms with E-state index in [4.69, 9.17) is 9.47 Å². The highest BCUT2D eigenvalue weighted by Gasteiger charge is 2.16. The molecule has 0 saturated carbocycles. The van der Waals surface area contributed by atoms with E-state index in [-0.39, 0.29) is 25.2 Å². The number of ether oxygens (including phenoxy) is 2. The Balaban J connectivity index is 3.39. The Morgan fingerprint density at radius 2 is 0.500 bits per heavy atom. The fourth-order valence-electron chi connectivity index (χ4n) is 11.8. The first-order valence-corrected chi connectivity index (χ1v) is 38.5. The zero-order valence-electron chi connectivity index (χ0n) is 57.8. The van der Waals surface area contributed by atoms with Crippen LogP contribution in [-0.4, -0.2) is 36.4 Å². The van der Waals surface area contributed by atoms with Crippen molar-refractivity contribution in [2.75, 3.05) is 13.2 Å². The second-order valence-electron chi connectivity index (χ2n) is 26.1. The number of rotatable bonds is 72. The monoisotopic (exact) mass is 1200 g/mol. The summed E-state index contributed by atoms with van der Waals surface area (Å²) < 4.78 is 10.8. The molecule has 1 atom stereocenters. The summed E-state index contributed by atoms with van der Waals surface area (Å²) in [6, 6.07) is 0. The maximum absolute atomic E-state index is 12.4. The summed E-state index contributed by atoms with van der Waals surface area (Å²) in [5.41, 5.74) is 0. The topological polar surface area (TPSA) is 72.8 Å². The maximum atomic E-state index is 12.4. The maximum Gasteiger partial charge on any atom is 0.306 e. The van der Waals surface area contributed by atoms with E-state index in [1.54, 1.807) is 0 Å². The highest BCUT2D eigenvalue weighted by Crippen LogP contribution is 2.20. The summed E-state index contributed by atoms with van der Waals surface area (Å²) in [4.78, 5) is 24.7. The number of carbonyl (C=O) groups is 2. The van der Waals surface area contributed by atoms with Gasteiger partial charge in [-0.2, -0.15) is 0 Å². The molecule has 0 fully saturated rings. The third kappa shape index (κ3) is 73.8. The van der Waals surface area contributed by atoms with E-state index in [2.05, 4.69) is 86.8 Å². The summed E-state index contributed by atoms with van der Waals surface area (Å²) in [5.74, 6) is -0.575. The summed E-state index contributed by atoms with van der Waals surface area (Å²) in [5, 5.41) is 9.72. The number of aliphatic hydroxyl groups excluding tert-OH is 1. The van der Waals surface area contributed by atoms with Crippen molar-refractivity contribution < 1.29 is 24.2 Å². The van der Waals surface area contributed by atoms with Crippen molar-refractivity contribution in [1.82, 2.24) is 0 Å². The van der Waals surface area contributed by atoms with E-state index in [0.29, 0.717) is 12.8 Å². The molecule has 0 aliphatic carbocycles. The molecule has 5 heteroatoms. The molecule has 0 amide bonds. The number of hydrogen-bond acceptors (Lipinski definition) is 5. The van der Waals surface area contributed by atoms with E-state index in [9.17, 15) is 14.7 Å². The lowest BCUT2D eigenvalue weighted by atomic mass is 10.0. The van der Waals surface area contributed by atoms with Gasteiger partial charge in [0.2, 0.25) is 0 Å². The van der Waals surface area contributed by atoms with Crippen molar-refractivity contribution in [3.05, 3.63) is 72.9 Å². The van der Waals surface area contributed by atoms with Gasteiger partial charge in [0, 0.05) is 12.8 Å². The zero-order chi connectivity index (χ0) is 61.9. The van der Waals surface area contributed by atoms with Crippen LogP contribution in [0.2, 0.25) is 0 Å². The fourth-order valence-corrected chi connectivity index (χ4v) is 11.8. The van der Waals surface area contributed by atoms with E-state index in [0.717, 1.165) is 77.0 Å². The summed E-state index contributed by atoms with van der Waals surface area (Å²) in [6.07, 6.45) is 107. The van der Waals surface area contributed by atoms with Gasteiger partial charge in [-0.3, -0.25) is 9.59 Å². The van der Waals surface area contributed by atoms with Gasteiger partial charge in [-0.15, -0.1) is 0 Å². The molecule has 5 nitrogen and oxygen atoms in total. The summed E-state index contributed by atoms with van der Waals surface area (Å²) >= 11 is 0. The van der Waals surface area contributed by atoms with E-state index >= 15 is 0 Å². The van der Waals surface area contributed by atoms with Crippen LogP contribution in [0.3, 0.4) is 0 Å². The predicted octanol–water partition coefficient (Wildman–Crippen LogP) is 27.0. The van der Waals surface area contributed by atoms with E-state index in [1.165, 1.54) is 308 Å². The largest absolute Gasteiger partial charge is 0.462 e. The Morgan fingerprint density at radius 1 is 0.279 bits per heavy atom. The average molecular weight is 1200 g/mol.